The molecule has 0 atom stereocenters. The van der Waals surface area contributed by atoms with Crippen LogP contribution in [0.15, 0.2) is 71.6 Å². The lowest BCUT2D eigenvalue weighted by Gasteiger charge is -2.28. The molecular formula is C25H22N2O5S. The van der Waals surface area contributed by atoms with Crippen LogP contribution in [-0.4, -0.2) is 43.1 Å². The van der Waals surface area contributed by atoms with Crippen LogP contribution in [0.25, 0.3) is 0 Å². The van der Waals surface area contributed by atoms with Gasteiger partial charge in [-0.3, -0.25) is 14.5 Å². The van der Waals surface area contributed by atoms with Gasteiger partial charge in [0.25, 0.3) is 11.8 Å². The lowest BCUT2D eigenvalue weighted by atomic mass is 10.0. The van der Waals surface area contributed by atoms with E-state index < -0.39 is 10.0 Å². The third-order valence-electron chi connectivity index (χ3n) is 6.16. The highest BCUT2D eigenvalue weighted by atomic mass is 32.2. The largest absolute Gasteiger partial charge is 0.495 e. The fourth-order valence-electron chi connectivity index (χ4n) is 4.40. The van der Waals surface area contributed by atoms with Gasteiger partial charge in [-0.25, -0.2) is 8.42 Å². The Hall–Kier alpha value is -3.49. The first-order valence-electron chi connectivity index (χ1n) is 10.6. The maximum atomic E-state index is 13.6. The van der Waals surface area contributed by atoms with E-state index in [4.69, 9.17) is 4.74 Å². The summed E-state index contributed by atoms with van der Waals surface area (Å²) in [5.74, 6) is -0.549. The second kappa shape index (κ2) is 8.13. The van der Waals surface area contributed by atoms with Crippen LogP contribution >= 0.6 is 0 Å². The first kappa shape index (κ1) is 21.4. The number of rotatable bonds is 5. The molecule has 0 saturated carbocycles. The maximum absolute atomic E-state index is 13.6. The van der Waals surface area contributed by atoms with Crippen LogP contribution in [-0.2, 0) is 29.5 Å². The number of methoxy groups -OCH3 is 1. The van der Waals surface area contributed by atoms with Crippen LogP contribution in [0.2, 0.25) is 0 Å². The Balaban J connectivity index is 1.46. The van der Waals surface area contributed by atoms with Gasteiger partial charge in [0, 0.05) is 13.1 Å². The average molecular weight is 463 g/mol. The Labute approximate surface area is 192 Å². The van der Waals surface area contributed by atoms with Gasteiger partial charge in [0.15, 0.2) is 0 Å². The highest BCUT2D eigenvalue weighted by Crippen LogP contribution is 2.32. The van der Waals surface area contributed by atoms with Gasteiger partial charge in [-0.1, -0.05) is 42.5 Å². The zero-order valence-electron chi connectivity index (χ0n) is 18.0. The van der Waals surface area contributed by atoms with Crippen LogP contribution in [0, 0.1) is 0 Å². The summed E-state index contributed by atoms with van der Waals surface area (Å²) in [6, 6.07) is 19.2. The molecule has 8 heteroatoms. The van der Waals surface area contributed by atoms with Crippen molar-refractivity contribution in [2.24, 2.45) is 0 Å². The van der Waals surface area contributed by atoms with Gasteiger partial charge in [-0.2, -0.15) is 4.31 Å². The van der Waals surface area contributed by atoms with Crippen molar-refractivity contribution >= 4 is 21.8 Å². The number of nitrogens with zero attached hydrogens (tertiary/aromatic N) is 2. The van der Waals surface area contributed by atoms with Crippen molar-refractivity contribution in [1.29, 1.82) is 0 Å². The van der Waals surface area contributed by atoms with Gasteiger partial charge in [0.05, 0.1) is 24.8 Å². The molecule has 2 heterocycles. The normalized spacial score (nSPS) is 16.0. The van der Waals surface area contributed by atoms with Gasteiger partial charge in [0.2, 0.25) is 10.0 Å². The number of benzene rings is 3. The van der Waals surface area contributed by atoms with Crippen molar-refractivity contribution in [3.05, 3.63) is 94.5 Å². The van der Waals surface area contributed by atoms with Gasteiger partial charge >= 0.3 is 0 Å². The fourth-order valence-corrected chi connectivity index (χ4v) is 6.03. The third-order valence-corrected chi connectivity index (χ3v) is 8.03. The Morgan fingerprint density at radius 3 is 2.18 bits per heavy atom. The predicted molar refractivity (Wildman–Crippen MR) is 121 cm³/mol. The minimum absolute atomic E-state index is 0.0261. The first-order valence-corrected chi connectivity index (χ1v) is 12.0. The Morgan fingerprint density at radius 2 is 1.52 bits per heavy atom. The van der Waals surface area contributed by atoms with Crippen LogP contribution < -0.4 is 4.74 Å². The summed E-state index contributed by atoms with van der Waals surface area (Å²) in [6.07, 6.45) is 0.631. The standard InChI is InChI=1S/C25H22N2O5S/c1-32-22-11-10-17(15-27-24(28)20-8-4-5-9-21(20)25(27)29)14-23(22)33(30,31)26-13-12-18-6-2-3-7-19(18)16-26/h2-11,14H,12-13,15-16H2,1H3. The number of carbonyl (C=O) groups excluding carboxylic acids is 2. The molecular weight excluding hydrogens is 440 g/mol. The maximum Gasteiger partial charge on any atom is 0.261 e. The molecule has 5 rings (SSSR count). The number of fused-ring (bicyclic) bond motifs is 2. The van der Waals surface area contributed by atoms with Crippen molar-refractivity contribution in [2.75, 3.05) is 13.7 Å². The van der Waals surface area contributed by atoms with Crippen LogP contribution in [0.4, 0.5) is 0 Å². The minimum atomic E-state index is -3.86. The van der Waals surface area contributed by atoms with E-state index in [0.717, 1.165) is 16.0 Å². The molecule has 0 radical (unpaired) electrons. The fraction of sp³-hybridized carbons (Fsp3) is 0.200. The molecule has 0 bridgehead atoms. The SMILES string of the molecule is COc1ccc(CN2C(=O)c3ccccc3C2=O)cc1S(=O)(=O)N1CCc2ccccc2C1. The van der Waals surface area contributed by atoms with Crippen molar-refractivity contribution in [1.82, 2.24) is 9.21 Å². The van der Waals surface area contributed by atoms with E-state index in [1.165, 1.54) is 17.5 Å². The molecule has 0 aliphatic carbocycles. The summed E-state index contributed by atoms with van der Waals surface area (Å²) in [4.78, 5) is 26.6. The summed E-state index contributed by atoms with van der Waals surface area (Å²) in [5, 5.41) is 0. The number of amides is 2. The quantitative estimate of drug-likeness (QED) is 0.544. The molecule has 168 valence electrons. The monoisotopic (exact) mass is 462 g/mol. The van der Waals surface area contributed by atoms with E-state index in [0.29, 0.717) is 29.7 Å². The van der Waals surface area contributed by atoms with Crippen LogP contribution in [0.3, 0.4) is 0 Å². The molecule has 0 fully saturated rings. The molecule has 0 aromatic heterocycles. The molecule has 0 unspecified atom stereocenters. The number of sulfonamides is 1. The molecule has 2 aliphatic rings. The van der Waals surface area contributed by atoms with E-state index in [2.05, 4.69) is 0 Å². The van der Waals surface area contributed by atoms with Gasteiger partial charge in [-0.05, 0) is 47.4 Å². The van der Waals surface area contributed by atoms with E-state index >= 15 is 0 Å². The number of hydrogen-bond donors (Lipinski definition) is 0. The number of ether oxygens (including phenoxy) is 1. The smallest absolute Gasteiger partial charge is 0.261 e. The topological polar surface area (TPSA) is 84.0 Å². The predicted octanol–water partition coefficient (Wildman–Crippen LogP) is 3.24. The Bertz CT molecular complexity index is 1350. The Morgan fingerprint density at radius 1 is 0.879 bits per heavy atom. The zero-order valence-corrected chi connectivity index (χ0v) is 18.8. The van der Waals surface area contributed by atoms with Gasteiger partial charge in [0.1, 0.15) is 10.6 Å². The van der Waals surface area contributed by atoms with Gasteiger partial charge < -0.3 is 4.74 Å². The van der Waals surface area contributed by atoms with E-state index in [1.54, 1.807) is 36.4 Å². The highest BCUT2D eigenvalue weighted by Gasteiger charge is 2.36. The molecule has 3 aromatic rings. The molecule has 0 spiro atoms. The third kappa shape index (κ3) is 3.61. The first-order chi connectivity index (χ1) is 15.9. The zero-order chi connectivity index (χ0) is 23.2. The second-order valence-corrected chi connectivity index (χ2v) is 9.99. The molecule has 33 heavy (non-hydrogen) atoms. The van der Waals surface area contributed by atoms with E-state index in [-0.39, 0.29) is 35.5 Å². The summed E-state index contributed by atoms with van der Waals surface area (Å²) >= 11 is 0. The van der Waals surface area contributed by atoms with Crippen molar-refractivity contribution in [2.45, 2.75) is 24.4 Å². The molecule has 7 nitrogen and oxygen atoms in total. The minimum Gasteiger partial charge on any atom is -0.495 e. The van der Waals surface area contributed by atoms with Crippen molar-refractivity contribution < 1.29 is 22.7 Å². The molecule has 2 aliphatic heterocycles. The average Bonchev–Trinajstić information content (AvgIpc) is 3.08. The molecule has 2 amide bonds. The van der Waals surface area contributed by atoms with Crippen LogP contribution in [0.1, 0.15) is 37.4 Å². The van der Waals surface area contributed by atoms with E-state index in [1.807, 2.05) is 24.3 Å². The number of imide groups is 1. The Kier molecular flexibility index (Phi) is 5.26. The van der Waals surface area contributed by atoms with E-state index in [9.17, 15) is 18.0 Å². The summed E-state index contributed by atoms with van der Waals surface area (Å²) < 4.78 is 33.9. The van der Waals surface area contributed by atoms with Crippen LogP contribution in [0.5, 0.6) is 5.75 Å². The summed E-state index contributed by atoms with van der Waals surface area (Å²) in [7, 11) is -2.44. The number of carbonyl (C=O) groups is 2. The summed E-state index contributed by atoms with van der Waals surface area (Å²) in [6.45, 7) is 0.622. The lowest BCUT2D eigenvalue weighted by molar-refractivity contribution is 0.0642. The molecule has 0 N–H and O–H groups in total. The molecule has 3 aromatic carbocycles. The number of hydrogen-bond acceptors (Lipinski definition) is 5. The lowest BCUT2D eigenvalue weighted by Crippen LogP contribution is -2.36. The van der Waals surface area contributed by atoms with Crippen molar-refractivity contribution in [3.8, 4) is 5.75 Å². The van der Waals surface area contributed by atoms with Crippen molar-refractivity contribution in [3.63, 3.8) is 0 Å². The summed E-state index contributed by atoms with van der Waals surface area (Å²) in [5.41, 5.74) is 3.37. The highest BCUT2D eigenvalue weighted by molar-refractivity contribution is 7.89. The molecule has 0 saturated heterocycles. The van der Waals surface area contributed by atoms with Gasteiger partial charge in [-0.15, -0.1) is 0 Å². The second-order valence-electron chi connectivity index (χ2n) is 8.08.